The first-order valence-electron chi connectivity index (χ1n) is 12.3. The molecule has 0 saturated carbocycles. The van der Waals surface area contributed by atoms with E-state index in [9.17, 15) is 10.1 Å². The highest BCUT2D eigenvalue weighted by atomic mass is 31.2. The molecular weight excluding hydrogens is 475 g/mol. The lowest BCUT2D eigenvalue weighted by molar-refractivity contribution is -0.384. The smallest absolute Gasteiger partial charge is 0.298 e. The highest BCUT2D eigenvalue weighted by Crippen LogP contribution is 2.69. The topological polar surface area (TPSA) is 86.8 Å². The van der Waals surface area contributed by atoms with Crippen LogP contribution in [0.15, 0.2) is 63.3 Å². The van der Waals surface area contributed by atoms with Crippen LogP contribution in [-0.4, -0.2) is 54.4 Å². The molecular formula is C26H35N6O3P. The van der Waals surface area contributed by atoms with Crippen molar-refractivity contribution in [1.29, 1.82) is 0 Å². The minimum Gasteiger partial charge on any atom is -0.494 e. The summed E-state index contributed by atoms with van der Waals surface area (Å²) >= 11 is 0. The summed E-state index contributed by atoms with van der Waals surface area (Å²) in [5.41, 5.74) is 3.47. The molecule has 2 aliphatic heterocycles. The Morgan fingerprint density at radius 2 is 1.83 bits per heavy atom. The summed E-state index contributed by atoms with van der Waals surface area (Å²) in [6.45, 7) is 12.4. The lowest BCUT2D eigenvalue weighted by Crippen LogP contribution is -2.30. The number of nitrogens with zero attached hydrogens (tertiary/aromatic N) is 6. The van der Waals surface area contributed by atoms with Crippen LogP contribution in [-0.2, 0) is 5.41 Å². The van der Waals surface area contributed by atoms with Gasteiger partial charge in [0.1, 0.15) is 11.4 Å². The number of nitro benzene ring substituents is 1. The largest absolute Gasteiger partial charge is 0.494 e. The molecule has 0 bridgehead atoms. The maximum absolute atomic E-state index is 12.1. The monoisotopic (exact) mass is 510 g/mol. The van der Waals surface area contributed by atoms with Gasteiger partial charge in [0.2, 0.25) is 0 Å². The zero-order valence-electron chi connectivity index (χ0n) is 22.1. The summed E-state index contributed by atoms with van der Waals surface area (Å²) in [5, 5.41) is 17.9. The number of hydrazone groups is 1. The van der Waals surface area contributed by atoms with Crippen molar-refractivity contribution in [1.82, 2.24) is 9.45 Å². The minimum atomic E-state index is -2.71. The summed E-state index contributed by atoms with van der Waals surface area (Å²) in [5.74, 6) is 0.458. The fourth-order valence-electron chi connectivity index (χ4n) is 5.38. The van der Waals surface area contributed by atoms with Gasteiger partial charge in [-0.2, -0.15) is 5.10 Å². The first-order valence-corrected chi connectivity index (χ1v) is 13.9. The van der Waals surface area contributed by atoms with Crippen molar-refractivity contribution >= 4 is 30.6 Å². The number of nitro groups is 1. The maximum Gasteiger partial charge on any atom is 0.298 e. The Morgan fingerprint density at radius 3 is 2.44 bits per heavy atom. The number of anilines is 1. The number of hydrogen-bond donors (Lipinski definition) is 0. The molecule has 0 aromatic heterocycles. The zero-order valence-corrected chi connectivity index (χ0v) is 23.0. The van der Waals surface area contributed by atoms with Crippen LogP contribution in [0.3, 0.4) is 0 Å². The van der Waals surface area contributed by atoms with Gasteiger partial charge in [-0.25, -0.2) is 14.2 Å². The zero-order chi connectivity index (χ0) is 26.3. The van der Waals surface area contributed by atoms with Crippen LogP contribution < -0.4 is 9.64 Å². The predicted octanol–water partition coefficient (Wildman–Crippen LogP) is 6.57. The van der Waals surface area contributed by atoms with Crippen LogP contribution in [0.2, 0.25) is 0 Å². The second kappa shape index (κ2) is 9.71. The molecule has 0 N–H and O–H groups in total. The van der Waals surface area contributed by atoms with Gasteiger partial charge in [-0.3, -0.25) is 10.1 Å². The van der Waals surface area contributed by atoms with E-state index in [4.69, 9.17) is 14.6 Å². The first-order chi connectivity index (χ1) is 17.1. The molecule has 9 nitrogen and oxygen atoms in total. The van der Waals surface area contributed by atoms with Crippen LogP contribution in [0.4, 0.5) is 17.1 Å². The molecule has 2 aliphatic rings. The Balaban J connectivity index is 2.07. The van der Waals surface area contributed by atoms with Crippen molar-refractivity contribution in [2.45, 2.75) is 40.0 Å². The van der Waals surface area contributed by atoms with Gasteiger partial charge >= 0.3 is 0 Å². The quantitative estimate of drug-likeness (QED) is 0.238. The first kappa shape index (κ1) is 25.9. The van der Waals surface area contributed by atoms with Gasteiger partial charge < -0.3 is 9.64 Å². The van der Waals surface area contributed by atoms with Crippen molar-refractivity contribution < 1.29 is 9.66 Å². The molecule has 0 radical (unpaired) electrons. The average molecular weight is 511 g/mol. The molecule has 0 amide bonds. The Morgan fingerprint density at radius 1 is 1.14 bits per heavy atom. The van der Waals surface area contributed by atoms with Gasteiger partial charge in [0.15, 0.2) is 7.36 Å². The molecule has 2 aromatic carbocycles. The molecule has 2 aromatic rings. The van der Waals surface area contributed by atoms with Gasteiger partial charge in [-0.15, -0.1) is 0 Å². The highest BCUT2D eigenvalue weighted by Gasteiger charge is 2.48. The fourth-order valence-corrected chi connectivity index (χ4v) is 9.10. The van der Waals surface area contributed by atoms with E-state index in [1.807, 2.05) is 31.0 Å². The molecule has 2 heterocycles. The number of ether oxygens (including phenoxy) is 1. The van der Waals surface area contributed by atoms with E-state index in [0.717, 1.165) is 29.8 Å². The number of benzene rings is 2. The van der Waals surface area contributed by atoms with Gasteiger partial charge in [0.25, 0.3) is 5.69 Å². The number of fused-ring (bicyclic) bond motifs is 1. The average Bonchev–Trinajstić information content (AvgIpc) is 3.26. The van der Waals surface area contributed by atoms with E-state index in [1.165, 1.54) is 11.6 Å². The third kappa shape index (κ3) is 3.91. The number of likely N-dealkylation sites (N-methyl/N-ethyl adjacent to an activating group) is 1. The summed E-state index contributed by atoms with van der Waals surface area (Å²) in [6, 6.07) is 13.3. The normalized spacial score (nSPS) is 22.3. The number of rotatable bonds is 7. The second-order valence-electron chi connectivity index (χ2n) is 9.32. The predicted molar refractivity (Wildman–Crippen MR) is 147 cm³/mol. The van der Waals surface area contributed by atoms with Gasteiger partial charge in [0.05, 0.1) is 29.1 Å². The molecule has 4 rings (SSSR count). The van der Waals surface area contributed by atoms with Crippen LogP contribution in [0.1, 0.15) is 40.2 Å². The fraction of sp³-hybridized carbons (Fsp3) is 0.423. The number of para-hydroxylation sites is 1. The number of hydrogen-bond acceptors (Lipinski definition) is 6. The SMILES string of the molecule is CCOc1ccc(N=[P@@]2(N(CC)CC)/C(=C3\N(C)c4ccccc4C3(C)C)C=NN2C)c([N+](=O)[O-])c1. The Hall–Kier alpha value is -3.16. The third-order valence-corrected chi connectivity index (χ3v) is 10.7. The summed E-state index contributed by atoms with van der Waals surface area (Å²) in [4.78, 5) is 14.0. The Bertz CT molecular complexity index is 1300. The molecule has 0 unspecified atom stereocenters. The summed E-state index contributed by atoms with van der Waals surface area (Å²) in [6.07, 6.45) is 1.91. The molecule has 0 saturated heterocycles. The van der Waals surface area contributed by atoms with E-state index in [-0.39, 0.29) is 16.0 Å². The summed E-state index contributed by atoms with van der Waals surface area (Å²) in [7, 11) is 1.30. The van der Waals surface area contributed by atoms with Crippen LogP contribution in [0.5, 0.6) is 5.75 Å². The standard InChI is InChI=1S/C26H35N6O3P/c1-8-31(9-2)36(28-21-16-15-19(35-10-3)17-23(21)32(33)34)24(18-27-30(36)7)25-26(4,5)20-13-11-12-14-22(20)29(25)6/h11-18H,8-10H2,1-7H3/b25-24-/t36-/m0/s1. The second-order valence-corrected chi connectivity index (χ2v) is 12.3. The van der Waals surface area contributed by atoms with E-state index >= 15 is 0 Å². The maximum atomic E-state index is 12.1. The van der Waals surface area contributed by atoms with Crippen LogP contribution >= 0.6 is 7.36 Å². The van der Waals surface area contributed by atoms with Crippen molar-refractivity contribution in [2.24, 2.45) is 9.85 Å². The molecule has 1 atom stereocenters. The van der Waals surface area contributed by atoms with Crippen molar-refractivity contribution in [3.63, 3.8) is 0 Å². The van der Waals surface area contributed by atoms with E-state index < -0.39 is 7.36 Å². The number of allylic oxidation sites excluding steroid dienone is 2. The molecule has 0 spiro atoms. The minimum absolute atomic E-state index is 0.0700. The summed E-state index contributed by atoms with van der Waals surface area (Å²) < 4.78 is 15.0. The third-order valence-electron chi connectivity index (χ3n) is 7.01. The molecule has 36 heavy (non-hydrogen) atoms. The van der Waals surface area contributed by atoms with E-state index in [0.29, 0.717) is 18.0 Å². The van der Waals surface area contributed by atoms with Crippen LogP contribution in [0.25, 0.3) is 0 Å². The van der Waals surface area contributed by atoms with Gasteiger partial charge in [0, 0.05) is 44.0 Å². The van der Waals surface area contributed by atoms with E-state index in [2.05, 4.69) is 62.5 Å². The molecule has 10 heteroatoms. The van der Waals surface area contributed by atoms with E-state index in [1.54, 1.807) is 12.1 Å². The van der Waals surface area contributed by atoms with Crippen molar-refractivity contribution in [2.75, 3.05) is 38.7 Å². The Labute approximate surface area is 213 Å². The lowest BCUT2D eigenvalue weighted by atomic mass is 9.84. The van der Waals surface area contributed by atoms with Gasteiger partial charge in [-0.05, 0) is 30.7 Å². The molecule has 192 valence electrons. The molecule has 0 aliphatic carbocycles. The molecule has 0 fully saturated rings. The Kier molecular flexibility index (Phi) is 6.99. The van der Waals surface area contributed by atoms with Gasteiger partial charge in [-0.1, -0.05) is 45.9 Å². The lowest BCUT2D eigenvalue weighted by Gasteiger charge is -2.39. The van der Waals surface area contributed by atoms with Crippen LogP contribution in [0, 0.1) is 10.1 Å². The highest BCUT2D eigenvalue weighted by molar-refractivity contribution is 7.67. The van der Waals surface area contributed by atoms with Crippen molar-refractivity contribution in [3.8, 4) is 5.75 Å². The van der Waals surface area contributed by atoms with Crippen molar-refractivity contribution in [3.05, 3.63) is 69.2 Å².